The largest absolute Gasteiger partial charge is 0.372 e. The Bertz CT molecular complexity index is 442. The lowest BCUT2D eigenvalue weighted by Gasteiger charge is -2.45. The molecule has 0 amide bonds. The van der Waals surface area contributed by atoms with Crippen LogP contribution >= 0.6 is 22.9 Å². The SMILES string of the molecule is Cl[B-](Cl)(C1CCCCC1)N(C#[N+]C1CCCCC1)C1CCCCC1. The Morgan fingerprint density at radius 1 is 0.708 bits per heavy atom. The molecule has 0 heterocycles. The fourth-order valence-electron chi connectivity index (χ4n) is 4.92. The first-order valence-electron chi connectivity index (χ1n) is 10.4. The lowest BCUT2D eigenvalue weighted by Crippen LogP contribution is -2.52. The summed E-state index contributed by atoms with van der Waals surface area (Å²) in [5, 5.41) is -1.60. The molecule has 0 radical (unpaired) electrons. The molecule has 3 fully saturated rings. The number of halogens is 2. The van der Waals surface area contributed by atoms with E-state index in [1.807, 2.05) is 0 Å². The van der Waals surface area contributed by atoms with Crippen molar-refractivity contribution < 1.29 is 0 Å². The summed E-state index contributed by atoms with van der Waals surface area (Å²) in [6.45, 7) is 0. The van der Waals surface area contributed by atoms with Gasteiger partial charge >= 0.3 is 11.3 Å². The van der Waals surface area contributed by atoms with Crippen LogP contribution in [0, 0.1) is 6.19 Å². The number of hydrogen-bond acceptors (Lipinski definition) is 1. The van der Waals surface area contributed by atoms with Gasteiger partial charge in [0.25, 0.3) is 0 Å². The zero-order valence-corrected chi connectivity index (χ0v) is 16.6. The number of hydrogen-bond donors (Lipinski definition) is 0. The number of nitrogens with zero attached hydrogens (tertiary/aromatic N) is 2. The zero-order chi connectivity index (χ0) is 16.8. The van der Waals surface area contributed by atoms with Crippen LogP contribution < -0.4 is 0 Å². The molecule has 5 heteroatoms. The Hall–Kier alpha value is -0.0651. The molecule has 0 atom stereocenters. The second-order valence-electron chi connectivity index (χ2n) is 8.30. The predicted octanol–water partition coefficient (Wildman–Crippen LogP) is 7.00. The van der Waals surface area contributed by atoms with Gasteiger partial charge in [0.1, 0.15) is 0 Å². The fourth-order valence-corrected chi connectivity index (χ4v) is 5.83. The first kappa shape index (κ1) is 18.7. The summed E-state index contributed by atoms with van der Waals surface area (Å²) in [4.78, 5) is 7.06. The summed E-state index contributed by atoms with van der Waals surface area (Å²) in [7, 11) is 0. The van der Waals surface area contributed by atoms with Crippen molar-refractivity contribution in [1.29, 1.82) is 0 Å². The van der Waals surface area contributed by atoms with E-state index in [-0.39, 0.29) is 0 Å². The van der Waals surface area contributed by atoms with Gasteiger partial charge in [-0.05, 0) is 38.5 Å². The normalized spacial score (nSPS) is 25.1. The van der Waals surface area contributed by atoms with Gasteiger partial charge in [-0.25, -0.2) is 4.85 Å². The van der Waals surface area contributed by atoms with Crippen molar-refractivity contribution in [2.45, 2.75) is 114 Å². The molecule has 0 aliphatic heterocycles. The first-order chi connectivity index (χ1) is 11.7. The van der Waals surface area contributed by atoms with E-state index in [2.05, 4.69) is 11.0 Å². The van der Waals surface area contributed by atoms with E-state index in [0.29, 0.717) is 17.9 Å². The van der Waals surface area contributed by atoms with Gasteiger partial charge < -0.3 is 27.7 Å². The second-order valence-corrected chi connectivity index (χ2v) is 9.85. The highest BCUT2D eigenvalue weighted by atomic mass is 35.5. The molecule has 0 aromatic rings. The molecule has 3 saturated carbocycles. The summed E-state index contributed by atoms with van der Waals surface area (Å²) in [5.74, 6) is 0.415. The molecule has 0 aromatic heterocycles. The van der Waals surface area contributed by atoms with Crippen molar-refractivity contribution in [2.24, 2.45) is 0 Å². The molecule has 0 spiro atoms. The third kappa shape index (κ3) is 4.76. The molecule has 0 unspecified atom stereocenters. The maximum Gasteiger partial charge on any atom is 0.363 e. The Morgan fingerprint density at radius 3 is 1.79 bits per heavy atom. The maximum absolute atomic E-state index is 7.06. The van der Waals surface area contributed by atoms with Crippen molar-refractivity contribution >= 4 is 28.0 Å². The van der Waals surface area contributed by atoms with Crippen molar-refractivity contribution in [1.82, 2.24) is 4.81 Å². The number of rotatable bonds is 3. The standard InChI is InChI=1S/C19H33BCl2N2/c21-20(22,17-10-4-1-5-11-17)24(19-14-8-3-9-15-19)16-23-18-12-6-2-7-13-18/h17-19H,1-15H2. The highest BCUT2D eigenvalue weighted by Crippen LogP contribution is 2.45. The monoisotopic (exact) mass is 370 g/mol. The quantitative estimate of drug-likeness (QED) is 0.295. The van der Waals surface area contributed by atoms with Gasteiger partial charge in [0.15, 0.2) is 6.04 Å². The molecule has 3 aliphatic rings. The molecule has 0 aromatic carbocycles. The summed E-state index contributed by atoms with van der Waals surface area (Å²) in [5.41, 5.74) is 0. The van der Waals surface area contributed by atoms with Crippen molar-refractivity contribution in [3.8, 4) is 6.19 Å². The van der Waals surface area contributed by atoms with Crippen LogP contribution in [0.25, 0.3) is 4.85 Å². The highest BCUT2D eigenvalue weighted by Gasteiger charge is 2.44. The van der Waals surface area contributed by atoms with Crippen LogP contribution in [0.3, 0.4) is 0 Å². The molecule has 24 heavy (non-hydrogen) atoms. The van der Waals surface area contributed by atoms with Gasteiger partial charge in [-0.1, -0.05) is 50.8 Å². The predicted molar refractivity (Wildman–Crippen MR) is 107 cm³/mol. The molecular weight excluding hydrogens is 338 g/mol. The fraction of sp³-hybridized carbons (Fsp3) is 0.947. The van der Waals surface area contributed by atoms with Gasteiger partial charge in [0.2, 0.25) is 0 Å². The average molecular weight is 371 g/mol. The Kier molecular flexibility index (Phi) is 7.05. The second kappa shape index (κ2) is 9.04. The van der Waals surface area contributed by atoms with Crippen LogP contribution in [-0.2, 0) is 0 Å². The Balaban J connectivity index is 1.76. The highest BCUT2D eigenvalue weighted by molar-refractivity contribution is 7.44. The molecular formula is C19H33BCl2N2. The van der Waals surface area contributed by atoms with E-state index in [1.54, 1.807) is 0 Å². The van der Waals surface area contributed by atoms with Gasteiger partial charge in [0, 0.05) is 12.8 Å². The van der Waals surface area contributed by atoms with Crippen LogP contribution in [0.4, 0.5) is 0 Å². The van der Waals surface area contributed by atoms with E-state index in [4.69, 9.17) is 27.8 Å². The lowest BCUT2D eigenvalue weighted by atomic mass is 9.62. The van der Waals surface area contributed by atoms with E-state index >= 15 is 0 Å². The zero-order valence-electron chi connectivity index (χ0n) is 15.1. The van der Waals surface area contributed by atoms with E-state index < -0.39 is 5.11 Å². The van der Waals surface area contributed by atoms with Gasteiger partial charge in [-0.2, -0.15) is 0 Å². The van der Waals surface area contributed by atoms with Crippen LogP contribution in [0.2, 0.25) is 5.82 Å². The van der Waals surface area contributed by atoms with Gasteiger partial charge in [0.05, 0.1) is 6.04 Å². The molecule has 0 saturated heterocycles. The topological polar surface area (TPSA) is 7.60 Å². The van der Waals surface area contributed by atoms with Crippen LogP contribution in [0.5, 0.6) is 0 Å². The van der Waals surface area contributed by atoms with E-state index in [0.717, 1.165) is 0 Å². The minimum absolute atomic E-state index is 0.415. The third-order valence-corrected chi connectivity index (χ3v) is 7.62. The average Bonchev–Trinajstić information content (AvgIpc) is 2.64. The molecule has 2 nitrogen and oxygen atoms in total. The van der Waals surface area contributed by atoms with E-state index in [1.165, 1.54) is 96.3 Å². The molecule has 3 rings (SSSR count). The van der Waals surface area contributed by atoms with Crippen LogP contribution in [0.1, 0.15) is 96.3 Å². The van der Waals surface area contributed by atoms with Gasteiger partial charge in [-0.3, -0.25) is 0 Å². The van der Waals surface area contributed by atoms with Crippen LogP contribution in [-0.4, -0.2) is 22.0 Å². The van der Waals surface area contributed by atoms with Crippen molar-refractivity contribution in [2.75, 3.05) is 0 Å². The van der Waals surface area contributed by atoms with Crippen molar-refractivity contribution in [3.63, 3.8) is 0 Å². The summed E-state index contributed by atoms with van der Waals surface area (Å²) in [6.07, 6.45) is 22.3. The molecule has 3 aliphatic carbocycles. The lowest BCUT2D eigenvalue weighted by molar-refractivity contribution is 0.310. The smallest absolute Gasteiger partial charge is 0.363 e. The summed E-state index contributed by atoms with van der Waals surface area (Å²) < 4.78 is 0. The van der Waals surface area contributed by atoms with Crippen molar-refractivity contribution in [3.05, 3.63) is 4.85 Å². The maximum atomic E-state index is 7.06. The summed E-state index contributed by atoms with van der Waals surface area (Å²) in [6, 6.07) is 0.888. The van der Waals surface area contributed by atoms with E-state index in [9.17, 15) is 0 Å². The minimum Gasteiger partial charge on any atom is -0.372 e. The molecule has 136 valence electrons. The molecule has 0 N–H and O–H groups in total. The molecule has 0 bridgehead atoms. The first-order valence-corrected chi connectivity index (χ1v) is 11.3. The third-order valence-electron chi connectivity index (χ3n) is 6.49. The van der Waals surface area contributed by atoms with Gasteiger partial charge in [-0.15, -0.1) is 0 Å². The summed E-state index contributed by atoms with van der Waals surface area (Å²) >= 11 is 14.1. The minimum atomic E-state index is -1.60. The van der Waals surface area contributed by atoms with Crippen LogP contribution in [0.15, 0.2) is 0 Å². The Labute approximate surface area is 158 Å². The Morgan fingerprint density at radius 2 is 1.21 bits per heavy atom.